The lowest BCUT2D eigenvalue weighted by atomic mass is 10.2. The Hall–Kier alpha value is -1.66. The summed E-state index contributed by atoms with van der Waals surface area (Å²) in [6, 6.07) is 6.99. The first kappa shape index (κ1) is 15.7. The van der Waals surface area contributed by atoms with E-state index in [1.807, 2.05) is 18.3 Å². The van der Waals surface area contributed by atoms with E-state index in [0.717, 1.165) is 30.8 Å². The smallest absolute Gasteiger partial charge is 0.175 e. The molecule has 5 nitrogen and oxygen atoms in total. The third kappa shape index (κ3) is 4.41. The highest BCUT2D eigenvalue weighted by Gasteiger charge is 2.07. The minimum atomic E-state index is -3.13. The first-order valence-electron chi connectivity index (χ1n) is 6.99. The van der Waals surface area contributed by atoms with Gasteiger partial charge >= 0.3 is 0 Å². The minimum Gasteiger partial charge on any atom is -0.329 e. The van der Waals surface area contributed by atoms with Gasteiger partial charge in [0.05, 0.1) is 16.9 Å². The van der Waals surface area contributed by atoms with Crippen molar-refractivity contribution in [1.82, 2.24) is 14.9 Å². The molecule has 0 spiro atoms. The predicted molar refractivity (Wildman–Crippen MR) is 82.9 cm³/mol. The van der Waals surface area contributed by atoms with E-state index in [0.29, 0.717) is 11.4 Å². The van der Waals surface area contributed by atoms with Crippen LogP contribution in [0.5, 0.6) is 0 Å². The highest BCUT2D eigenvalue weighted by molar-refractivity contribution is 7.90. The summed E-state index contributed by atoms with van der Waals surface area (Å²) in [5.74, 6) is 0. The zero-order chi connectivity index (χ0) is 15.3. The average molecular weight is 307 g/mol. The topological polar surface area (TPSA) is 64.0 Å². The molecule has 0 aliphatic rings. The van der Waals surface area contributed by atoms with Gasteiger partial charge in [0.25, 0.3) is 0 Å². The Kier molecular flexibility index (Phi) is 5.14. The van der Waals surface area contributed by atoms with Crippen LogP contribution in [0.4, 0.5) is 0 Å². The van der Waals surface area contributed by atoms with Crippen LogP contribution in [-0.4, -0.2) is 30.8 Å². The molecule has 0 saturated heterocycles. The molecule has 0 aliphatic carbocycles. The average Bonchev–Trinajstić information content (AvgIpc) is 2.86. The van der Waals surface area contributed by atoms with Crippen LogP contribution >= 0.6 is 0 Å². The van der Waals surface area contributed by atoms with Gasteiger partial charge < -0.3 is 9.88 Å². The van der Waals surface area contributed by atoms with Crippen molar-refractivity contribution in [2.24, 2.45) is 0 Å². The quantitative estimate of drug-likeness (QED) is 0.793. The van der Waals surface area contributed by atoms with Crippen LogP contribution in [0.2, 0.25) is 0 Å². The van der Waals surface area contributed by atoms with Crippen molar-refractivity contribution in [2.75, 3.05) is 12.8 Å². The zero-order valence-electron chi connectivity index (χ0n) is 12.4. The maximum absolute atomic E-state index is 11.4. The number of hydrogen-bond donors (Lipinski definition) is 1. The molecular weight excluding hydrogens is 286 g/mol. The number of sulfone groups is 1. The summed E-state index contributed by atoms with van der Waals surface area (Å²) >= 11 is 0. The van der Waals surface area contributed by atoms with Crippen molar-refractivity contribution >= 4 is 9.84 Å². The van der Waals surface area contributed by atoms with Gasteiger partial charge in [-0.1, -0.05) is 19.1 Å². The highest BCUT2D eigenvalue weighted by atomic mass is 32.2. The predicted octanol–water partition coefficient (Wildman–Crippen LogP) is 1.83. The van der Waals surface area contributed by atoms with Crippen LogP contribution in [0.15, 0.2) is 41.7 Å². The first-order valence-corrected chi connectivity index (χ1v) is 8.88. The van der Waals surface area contributed by atoms with Gasteiger partial charge in [-0.15, -0.1) is 0 Å². The van der Waals surface area contributed by atoms with Gasteiger partial charge in [0, 0.05) is 25.5 Å². The summed E-state index contributed by atoms with van der Waals surface area (Å²) in [5, 5.41) is 3.35. The van der Waals surface area contributed by atoms with E-state index in [2.05, 4.69) is 21.8 Å². The second-order valence-electron chi connectivity index (χ2n) is 5.11. The molecule has 1 N–H and O–H groups in total. The molecule has 6 heteroatoms. The monoisotopic (exact) mass is 307 g/mol. The van der Waals surface area contributed by atoms with Crippen LogP contribution in [0, 0.1) is 0 Å². The number of imidazole rings is 1. The Labute approximate surface area is 125 Å². The summed E-state index contributed by atoms with van der Waals surface area (Å²) in [5.41, 5.74) is 2.17. The third-order valence-corrected chi connectivity index (χ3v) is 4.36. The Morgan fingerprint density at radius 2 is 1.95 bits per heavy atom. The van der Waals surface area contributed by atoms with Crippen molar-refractivity contribution in [3.8, 4) is 0 Å². The summed E-state index contributed by atoms with van der Waals surface area (Å²) in [4.78, 5) is 4.53. The molecule has 1 heterocycles. The van der Waals surface area contributed by atoms with Crippen LogP contribution in [0.3, 0.4) is 0 Å². The maximum atomic E-state index is 11.4. The maximum Gasteiger partial charge on any atom is 0.175 e. The van der Waals surface area contributed by atoms with E-state index in [1.54, 1.807) is 18.5 Å². The molecule has 21 heavy (non-hydrogen) atoms. The first-order chi connectivity index (χ1) is 10.0. The number of nitrogens with one attached hydrogen (secondary N) is 1. The fourth-order valence-corrected chi connectivity index (χ4v) is 2.70. The fraction of sp³-hybridized carbons (Fsp3) is 0.400. The highest BCUT2D eigenvalue weighted by Crippen LogP contribution is 2.12. The summed E-state index contributed by atoms with van der Waals surface area (Å²) in [6.07, 6.45) is 5.97. The van der Waals surface area contributed by atoms with Crippen molar-refractivity contribution in [3.63, 3.8) is 0 Å². The molecule has 2 aromatic rings. The molecule has 0 aliphatic heterocycles. The lowest BCUT2D eigenvalue weighted by molar-refractivity contribution is 0.601. The molecule has 0 amide bonds. The molecule has 1 aromatic heterocycles. The van der Waals surface area contributed by atoms with E-state index < -0.39 is 9.84 Å². The van der Waals surface area contributed by atoms with Crippen LogP contribution in [0.25, 0.3) is 0 Å². The number of benzene rings is 1. The second kappa shape index (κ2) is 6.87. The van der Waals surface area contributed by atoms with Gasteiger partial charge in [-0.3, -0.25) is 0 Å². The van der Waals surface area contributed by atoms with Crippen molar-refractivity contribution < 1.29 is 8.42 Å². The minimum absolute atomic E-state index is 0.349. The van der Waals surface area contributed by atoms with Crippen LogP contribution in [0.1, 0.15) is 24.6 Å². The largest absolute Gasteiger partial charge is 0.329 e. The molecular formula is C15H21N3O2S. The van der Waals surface area contributed by atoms with Crippen molar-refractivity contribution in [3.05, 3.63) is 48.0 Å². The van der Waals surface area contributed by atoms with Gasteiger partial charge in [-0.05, 0) is 30.7 Å². The van der Waals surface area contributed by atoms with Crippen LogP contribution in [-0.2, 0) is 22.9 Å². The molecule has 114 valence electrons. The molecule has 0 bridgehead atoms. The second-order valence-corrected chi connectivity index (χ2v) is 7.12. The molecule has 0 atom stereocenters. The Balaban J connectivity index is 2.07. The Morgan fingerprint density at radius 3 is 2.57 bits per heavy atom. The molecule has 0 radical (unpaired) electrons. The number of aromatic nitrogens is 2. The van der Waals surface area contributed by atoms with E-state index >= 15 is 0 Å². The lowest BCUT2D eigenvalue weighted by Gasteiger charge is -2.09. The molecule has 0 unspecified atom stereocenters. The standard InChI is InChI=1S/C15H21N3O2S/c1-3-8-16-9-14-10-17-12-18(14)11-13-4-6-15(7-5-13)21(2,19)20/h4-7,10,12,16H,3,8-9,11H2,1-2H3. The third-order valence-electron chi connectivity index (χ3n) is 3.24. The van der Waals surface area contributed by atoms with Crippen molar-refractivity contribution in [1.29, 1.82) is 0 Å². The summed E-state index contributed by atoms with van der Waals surface area (Å²) in [6.45, 7) is 4.59. The Bertz CT molecular complexity index is 675. The van der Waals surface area contributed by atoms with Gasteiger partial charge in [-0.25, -0.2) is 13.4 Å². The molecule has 2 rings (SSSR count). The zero-order valence-corrected chi connectivity index (χ0v) is 13.2. The van der Waals surface area contributed by atoms with E-state index in [-0.39, 0.29) is 0 Å². The van der Waals surface area contributed by atoms with E-state index in [1.165, 1.54) is 6.26 Å². The molecule has 1 aromatic carbocycles. The van der Waals surface area contributed by atoms with Gasteiger partial charge in [-0.2, -0.15) is 0 Å². The number of hydrogen-bond acceptors (Lipinski definition) is 4. The van der Waals surface area contributed by atoms with Gasteiger partial charge in [0.2, 0.25) is 0 Å². The number of nitrogens with zero attached hydrogens (tertiary/aromatic N) is 2. The normalized spacial score (nSPS) is 11.7. The summed E-state index contributed by atoms with van der Waals surface area (Å²) in [7, 11) is -3.13. The van der Waals surface area contributed by atoms with Crippen molar-refractivity contribution in [2.45, 2.75) is 31.3 Å². The summed E-state index contributed by atoms with van der Waals surface area (Å²) < 4.78 is 24.9. The molecule has 0 saturated carbocycles. The van der Waals surface area contributed by atoms with E-state index in [9.17, 15) is 8.42 Å². The van der Waals surface area contributed by atoms with Gasteiger partial charge in [0.1, 0.15) is 0 Å². The Morgan fingerprint density at radius 1 is 1.24 bits per heavy atom. The number of rotatable bonds is 7. The van der Waals surface area contributed by atoms with Crippen LogP contribution < -0.4 is 5.32 Å². The lowest BCUT2D eigenvalue weighted by Crippen LogP contribution is -2.17. The molecule has 0 fully saturated rings. The van der Waals surface area contributed by atoms with E-state index in [4.69, 9.17) is 0 Å². The fourth-order valence-electron chi connectivity index (χ4n) is 2.07. The SMILES string of the molecule is CCCNCc1cncn1Cc1ccc(S(C)(=O)=O)cc1. The van der Waals surface area contributed by atoms with Gasteiger partial charge in [0.15, 0.2) is 9.84 Å².